The van der Waals surface area contributed by atoms with Crippen LogP contribution in [0.4, 0.5) is 0 Å². The van der Waals surface area contributed by atoms with E-state index in [0.29, 0.717) is 30.2 Å². The third-order valence-corrected chi connectivity index (χ3v) is 5.90. The van der Waals surface area contributed by atoms with E-state index >= 15 is 0 Å². The maximum Gasteiger partial charge on any atom is 0.268 e. The van der Waals surface area contributed by atoms with E-state index in [2.05, 4.69) is 21.7 Å². The van der Waals surface area contributed by atoms with Crippen molar-refractivity contribution in [1.82, 2.24) is 20.2 Å². The van der Waals surface area contributed by atoms with Crippen molar-refractivity contribution in [3.63, 3.8) is 0 Å². The molecule has 8 nitrogen and oxygen atoms in total. The number of hydrogen-bond acceptors (Lipinski definition) is 4. The Morgan fingerprint density at radius 1 is 1.06 bits per heavy atom. The lowest BCUT2D eigenvalue weighted by atomic mass is 10.1. The molecule has 0 aliphatic carbocycles. The Hall–Kier alpha value is -3.94. The quantitative estimate of drug-likeness (QED) is 0.386. The molecular weight excluding hydrogens is 420 g/mol. The van der Waals surface area contributed by atoms with Crippen LogP contribution in [0.2, 0.25) is 0 Å². The number of amides is 2. The van der Waals surface area contributed by atoms with E-state index in [1.807, 2.05) is 24.4 Å². The summed E-state index contributed by atoms with van der Waals surface area (Å²) in [5.74, 6) is 0.688. The number of aromatic amines is 1. The van der Waals surface area contributed by atoms with Crippen LogP contribution in [0.3, 0.4) is 0 Å². The number of H-pyrrole nitrogens is 1. The van der Waals surface area contributed by atoms with E-state index in [0.717, 1.165) is 27.4 Å². The van der Waals surface area contributed by atoms with Gasteiger partial charge in [0.1, 0.15) is 23.2 Å². The maximum absolute atomic E-state index is 13.0. The number of rotatable bonds is 8. The first kappa shape index (κ1) is 22.3. The predicted molar refractivity (Wildman–Crippen MR) is 128 cm³/mol. The number of carbonyl (C=O) groups is 2. The molecule has 1 atom stereocenters. The number of ether oxygens (including phenoxy) is 2. The van der Waals surface area contributed by atoms with Crippen molar-refractivity contribution in [2.75, 3.05) is 20.8 Å². The molecule has 0 radical (unpaired) electrons. The highest BCUT2D eigenvalue weighted by molar-refractivity contribution is 6.03. The van der Waals surface area contributed by atoms with Crippen LogP contribution < -0.4 is 20.1 Å². The fourth-order valence-electron chi connectivity index (χ4n) is 4.12. The number of para-hydroxylation sites is 1. The van der Waals surface area contributed by atoms with Gasteiger partial charge in [0.25, 0.3) is 5.91 Å². The van der Waals surface area contributed by atoms with Crippen LogP contribution in [0.1, 0.15) is 23.0 Å². The second-order valence-electron chi connectivity index (χ2n) is 7.92. The third kappa shape index (κ3) is 4.24. The average Bonchev–Trinajstić information content (AvgIpc) is 3.40. The number of fused-ring (bicyclic) bond motifs is 2. The number of aryl methyl sites for hydroxylation is 1. The molecule has 4 aromatic rings. The largest absolute Gasteiger partial charge is 0.496 e. The molecule has 2 heterocycles. The smallest absolute Gasteiger partial charge is 0.268 e. The Morgan fingerprint density at radius 3 is 2.55 bits per heavy atom. The molecule has 0 fully saturated rings. The number of nitrogens with one attached hydrogen (secondary N) is 3. The summed E-state index contributed by atoms with van der Waals surface area (Å²) in [4.78, 5) is 28.8. The van der Waals surface area contributed by atoms with Crippen molar-refractivity contribution < 1.29 is 19.1 Å². The minimum Gasteiger partial charge on any atom is -0.496 e. The molecule has 0 spiro atoms. The maximum atomic E-state index is 13.0. The number of carbonyl (C=O) groups excluding carboxylic acids is 2. The first-order chi connectivity index (χ1) is 15.9. The van der Waals surface area contributed by atoms with Crippen molar-refractivity contribution in [2.45, 2.75) is 19.4 Å². The van der Waals surface area contributed by atoms with Crippen LogP contribution in [0.25, 0.3) is 21.8 Å². The number of hydrogen-bond donors (Lipinski definition) is 3. The Morgan fingerprint density at radius 2 is 1.79 bits per heavy atom. The Bertz CT molecular complexity index is 1320. The number of benzene rings is 2. The molecule has 3 N–H and O–H groups in total. The summed E-state index contributed by atoms with van der Waals surface area (Å²) in [6.45, 7) is 2.14. The van der Waals surface area contributed by atoms with Crippen molar-refractivity contribution in [3.05, 3.63) is 59.9 Å². The van der Waals surface area contributed by atoms with E-state index in [4.69, 9.17) is 9.47 Å². The molecular formula is C25H28N4O4. The van der Waals surface area contributed by atoms with Gasteiger partial charge in [0.2, 0.25) is 5.91 Å². The summed E-state index contributed by atoms with van der Waals surface area (Å²) in [6.07, 6.45) is 2.66. The first-order valence-corrected chi connectivity index (χ1v) is 10.8. The minimum atomic E-state index is -0.692. The van der Waals surface area contributed by atoms with Gasteiger partial charge in [-0.15, -0.1) is 0 Å². The lowest BCUT2D eigenvalue weighted by Crippen LogP contribution is -2.45. The molecule has 0 aliphatic heterocycles. The summed E-state index contributed by atoms with van der Waals surface area (Å²) < 4.78 is 12.6. The molecule has 2 aromatic heterocycles. The Labute approximate surface area is 191 Å². The van der Waals surface area contributed by atoms with E-state index in [1.54, 1.807) is 51.0 Å². The van der Waals surface area contributed by atoms with Crippen LogP contribution in [-0.2, 0) is 18.3 Å². The molecule has 0 saturated heterocycles. The van der Waals surface area contributed by atoms with Crippen LogP contribution in [0, 0.1) is 0 Å². The van der Waals surface area contributed by atoms with Gasteiger partial charge in [0.15, 0.2) is 0 Å². The Balaban J connectivity index is 1.41. The molecule has 33 heavy (non-hydrogen) atoms. The molecule has 0 aliphatic rings. The van der Waals surface area contributed by atoms with Gasteiger partial charge in [-0.1, -0.05) is 18.2 Å². The van der Waals surface area contributed by atoms with E-state index in [9.17, 15) is 9.59 Å². The first-order valence-electron chi connectivity index (χ1n) is 10.8. The highest BCUT2D eigenvalue weighted by atomic mass is 16.5. The van der Waals surface area contributed by atoms with Gasteiger partial charge in [-0.3, -0.25) is 9.59 Å². The van der Waals surface area contributed by atoms with E-state index in [-0.39, 0.29) is 11.8 Å². The van der Waals surface area contributed by atoms with E-state index < -0.39 is 6.04 Å². The number of methoxy groups -OCH3 is 2. The molecule has 0 bridgehead atoms. The highest BCUT2D eigenvalue weighted by Gasteiger charge is 2.22. The van der Waals surface area contributed by atoms with Crippen LogP contribution >= 0.6 is 0 Å². The third-order valence-electron chi connectivity index (χ3n) is 5.90. The standard InChI is InChI=1S/C25H28N4O4/c1-15(24(30)26-12-11-16-14-27-19-8-6-5-7-17(16)19)28-25(31)20-13-18-21(32-3)9-10-22(33-4)23(18)29(20)2/h5-10,13-15,27H,11-12H2,1-4H3,(H,26,30)(H,28,31). The fraction of sp³-hybridized carbons (Fsp3) is 0.280. The summed E-state index contributed by atoms with van der Waals surface area (Å²) in [5.41, 5.74) is 3.37. The second kappa shape index (κ2) is 9.28. The molecule has 2 aromatic carbocycles. The zero-order valence-corrected chi connectivity index (χ0v) is 19.2. The molecule has 0 saturated carbocycles. The lowest BCUT2D eigenvalue weighted by molar-refractivity contribution is -0.122. The fourth-order valence-corrected chi connectivity index (χ4v) is 4.12. The van der Waals surface area contributed by atoms with Gasteiger partial charge in [0, 0.05) is 36.1 Å². The van der Waals surface area contributed by atoms with Crippen molar-refractivity contribution in [1.29, 1.82) is 0 Å². The van der Waals surface area contributed by atoms with Crippen molar-refractivity contribution >= 4 is 33.6 Å². The number of nitrogens with zero attached hydrogens (tertiary/aromatic N) is 1. The topological polar surface area (TPSA) is 97.4 Å². The summed E-state index contributed by atoms with van der Waals surface area (Å²) in [6, 6.07) is 12.7. The number of aromatic nitrogens is 2. The monoisotopic (exact) mass is 448 g/mol. The molecule has 8 heteroatoms. The molecule has 1 unspecified atom stereocenters. The van der Waals surface area contributed by atoms with Gasteiger partial charge in [-0.2, -0.15) is 0 Å². The van der Waals surface area contributed by atoms with Gasteiger partial charge in [-0.05, 0) is 43.2 Å². The van der Waals surface area contributed by atoms with Crippen molar-refractivity contribution in [2.24, 2.45) is 7.05 Å². The molecule has 172 valence electrons. The van der Waals surface area contributed by atoms with Gasteiger partial charge in [0.05, 0.1) is 19.7 Å². The molecule has 2 amide bonds. The summed E-state index contributed by atoms with van der Waals surface area (Å²) in [7, 11) is 4.94. The second-order valence-corrected chi connectivity index (χ2v) is 7.92. The van der Waals surface area contributed by atoms with Gasteiger partial charge < -0.3 is 29.7 Å². The zero-order valence-electron chi connectivity index (χ0n) is 19.2. The van der Waals surface area contributed by atoms with Gasteiger partial charge in [-0.25, -0.2) is 0 Å². The molecule has 4 rings (SSSR count). The normalized spacial score (nSPS) is 12.0. The highest BCUT2D eigenvalue weighted by Crippen LogP contribution is 2.35. The zero-order chi connectivity index (χ0) is 23.5. The summed E-state index contributed by atoms with van der Waals surface area (Å²) >= 11 is 0. The van der Waals surface area contributed by atoms with Gasteiger partial charge >= 0.3 is 0 Å². The SMILES string of the molecule is COc1ccc(OC)c2c1cc(C(=O)NC(C)C(=O)NCCc1c[nH]c3ccccc13)n2C. The predicted octanol–water partition coefficient (Wildman–Crippen LogP) is 3.15. The minimum absolute atomic E-state index is 0.239. The summed E-state index contributed by atoms with van der Waals surface area (Å²) in [5, 5.41) is 7.60. The van der Waals surface area contributed by atoms with Crippen LogP contribution in [0.15, 0.2) is 48.7 Å². The van der Waals surface area contributed by atoms with Crippen LogP contribution in [0.5, 0.6) is 11.5 Å². The average molecular weight is 449 g/mol. The lowest BCUT2D eigenvalue weighted by Gasteiger charge is -2.14. The van der Waals surface area contributed by atoms with E-state index in [1.165, 1.54) is 0 Å². The van der Waals surface area contributed by atoms with Crippen molar-refractivity contribution in [3.8, 4) is 11.5 Å². The Kier molecular flexibility index (Phi) is 6.26. The van der Waals surface area contributed by atoms with Crippen LogP contribution in [-0.4, -0.2) is 48.2 Å².